The number of rotatable bonds is 2. The number of piperidine rings is 1. The molecule has 0 atom stereocenters. The fraction of sp³-hybridized carbons (Fsp3) is 0.500. The lowest BCUT2D eigenvalue weighted by Crippen LogP contribution is -2.43. The van der Waals surface area contributed by atoms with E-state index in [1.165, 1.54) is 6.07 Å². The van der Waals surface area contributed by atoms with Crippen LogP contribution >= 0.6 is 15.9 Å². The molecule has 0 bridgehead atoms. The highest BCUT2D eigenvalue weighted by atomic mass is 79.9. The van der Waals surface area contributed by atoms with Crippen LogP contribution in [0, 0.1) is 0 Å². The molecule has 0 unspecified atom stereocenters. The molecule has 9 heteroatoms. The van der Waals surface area contributed by atoms with Crippen molar-refractivity contribution in [3.8, 4) is 0 Å². The number of hydrogen-bond acceptors (Lipinski definition) is 5. The van der Waals surface area contributed by atoms with Gasteiger partial charge in [0.2, 0.25) is 0 Å². The maximum absolute atomic E-state index is 13.2. The van der Waals surface area contributed by atoms with Crippen LogP contribution in [0.3, 0.4) is 0 Å². The largest absolute Gasteiger partial charge is 0.444 e. The molecule has 2 aromatic rings. The van der Waals surface area contributed by atoms with Gasteiger partial charge in [-0.3, -0.25) is 4.79 Å². The lowest BCUT2D eigenvalue weighted by atomic mass is 10.0. The van der Waals surface area contributed by atoms with Crippen molar-refractivity contribution >= 4 is 42.6 Å². The van der Waals surface area contributed by atoms with E-state index in [1.54, 1.807) is 27.8 Å². The highest BCUT2D eigenvalue weighted by Crippen LogP contribution is 2.28. The Morgan fingerprint density at radius 2 is 1.83 bits per heavy atom. The van der Waals surface area contributed by atoms with Crippen molar-refractivity contribution < 1.29 is 17.9 Å². The number of ether oxygens (including phenoxy) is 1. The second-order valence-electron chi connectivity index (χ2n) is 8.37. The molecule has 0 radical (unpaired) electrons. The number of likely N-dealkylation sites (tertiary alicyclic amines) is 1. The Balaban J connectivity index is 1.91. The Kier molecular flexibility index (Phi) is 5.84. The molecule has 0 saturated carbocycles. The van der Waals surface area contributed by atoms with E-state index in [0.29, 0.717) is 35.8 Å². The first-order valence-corrected chi connectivity index (χ1v) is 12.1. The summed E-state index contributed by atoms with van der Waals surface area (Å²) in [4.78, 5) is 27.1. The summed E-state index contributed by atoms with van der Waals surface area (Å²) in [5.41, 5.74) is -0.884. The van der Waals surface area contributed by atoms with Crippen molar-refractivity contribution in [3.63, 3.8) is 0 Å². The van der Waals surface area contributed by atoms with Gasteiger partial charge in [0.1, 0.15) is 5.60 Å². The van der Waals surface area contributed by atoms with E-state index >= 15 is 0 Å². The first-order valence-electron chi connectivity index (χ1n) is 9.39. The maximum Gasteiger partial charge on any atom is 0.410 e. The van der Waals surface area contributed by atoms with E-state index in [9.17, 15) is 18.0 Å². The molecule has 0 spiro atoms. The summed E-state index contributed by atoms with van der Waals surface area (Å²) < 4.78 is 32.1. The lowest BCUT2D eigenvalue weighted by molar-refractivity contribution is 0.0187. The van der Waals surface area contributed by atoms with Crippen LogP contribution in [0.25, 0.3) is 10.8 Å². The normalized spacial score (nSPS) is 16.2. The van der Waals surface area contributed by atoms with Crippen LogP contribution in [-0.2, 0) is 14.6 Å². The number of carbonyl (C=O) groups is 1. The van der Waals surface area contributed by atoms with Gasteiger partial charge in [-0.2, -0.15) is 0 Å². The number of aromatic nitrogens is 1. The van der Waals surface area contributed by atoms with Crippen LogP contribution in [0.4, 0.5) is 4.79 Å². The van der Waals surface area contributed by atoms with E-state index in [0.717, 1.165) is 6.26 Å². The highest BCUT2D eigenvalue weighted by molar-refractivity contribution is 9.10. The molecule has 1 saturated heterocycles. The second-order valence-corrected chi connectivity index (χ2v) is 11.3. The Hall–Kier alpha value is -1.87. The first kappa shape index (κ1) is 21.8. The molecule has 29 heavy (non-hydrogen) atoms. The van der Waals surface area contributed by atoms with E-state index in [2.05, 4.69) is 15.9 Å². The van der Waals surface area contributed by atoms with Crippen LogP contribution in [0.15, 0.2) is 38.6 Å². The molecule has 1 fully saturated rings. The average Bonchev–Trinajstić information content (AvgIpc) is 2.59. The van der Waals surface area contributed by atoms with Crippen LogP contribution in [0.1, 0.15) is 39.7 Å². The van der Waals surface area contributed by atoms with Gasteiger partial charge in [0.15, 0.2) is 9.84 Å². The summed E-state index contributed by atoms with van der Waals surface area (Å²) >= 11 is 3.31. The lowest BCUT2D eigenvalue weighted by Gasteiger charge is -2.34. The zero-order valence-electron chi connectivity index (χ0n) is 16.9. The molecular weight excluding hydrogens is 460 g/mol. The smallest absolute Gasteiger partial charge is 0.410 e. The zero-order chi connectivity index (χ0) is 21.6. The molecule has 1 aliphatic rings. The van der Waals surface area contributed by atoms with Gasteiger partial charge in [0.25, 0.3) is 5.56 Å². The fourth-order valence-electron chi connectivity index (χ4n) is 3.55. The van der Waals surface area contributed by atoms with Crippen molar-refractivity contribution in [1.82, 2.24) is 9.47 Å². The summed E-state index contributed by atoms with van der Waals surface area (Å²) in [6, 6.07) is 4.85. The monoisotopic (exact) mass is 484 g/mol. The Morgan fingerprint density at radius 3 is 2.38 bits per heavy atom. The minimum Gasteiger partial charge on any atom is -0.444 e. The number of amides is 1. The number of sulfone groups is 1. The van der Waals surface area contributed by atoms with Gasteiger partial charge in [0.05, 0.1) is 10.3 Å². The predicted molar refractivity (Wildman–Crippen MR) is 115 cm³/mol. The number of halogens is 1. The van der Waals surface area contributed by atoms with Crippen molar-refractivity contribution in [2.45, 2.75) is 50.2 Å². The molecule has 0 aliphatic carbocycles. The number of carbonyl (C=O) groups excluding carboxylic acids is 1. The van der Waals surface area contributed by atoms with Gasteiger partial charge in [-0.25, -0.2) is 13.2 Å². The van der Waals surface area contributed by atoms with Gasteiger partial charge in [-0.15, -0.1) is 0 Å². The molecule has 1 aromatic heterocycles. The van der Waals surface area contributed by atoms with Crippen molar-refractivity contribution in [2.75, 3.05) is 19.3 Å². The SMILES string of the molecule is CC(C)(C)OC(=O)N1CCC(n2ccc3cc(Br)cc(S(C)(=O)=O)c3c2=O)CC1. The third kappa shape index (κ3) is 4.83. The van der Waals surface area contributed by atoms with Crippen molar-refractivity contribution in [2.24, 2.45) is 0 Å². The van der Waals surface area contributed by atoms with E-state index in [-0.39, 0.29) is 28.0 Å². The van der Waals surface area contributed by atoms with Gasteiger partial charge >= 0.3 is 6.09 Å². The third-order valence-corrected chi connectivity index (χ3v) is 6.45. The van der Waals surface area contributed by atoms with E-state index < -0.39 is 15.4 Å². The minimum atomic E-state index is -3.57. The van der Waals surface area contributed by atoms with Crippen molar-refractivity contribution in [1.29, 1.82) is 0 Å². The van der Waals surface area contributed by atoms with Crippen LogP contribution < -0.4 is 5.56 Å². The van der Waals surface area contributed by atoms with Gasteiger partial charge < -0.3 is 14.2 Å². The van der Waals surface area contributed by atoms with Crippen LogP contribution in [-0.4, -0.2) is 48.9 Å². The van der Waals surface area contributed by atoms with Gasteiger partial charge in [-0.05, 0) is 57.2 Å². The zero-order valence-corrected chi connectivity index (χ0v) is 19.3. The number of nitrogens with zero attached hydrogens (tertiary/aromatic N) is 2. The maximum atomic E-state index is 13.2. The number of hydrogen-bond donors (Lipinski definition) is 0. The molecule has 3 rings (SSSR count). The van der Waals surface area contributed by atoms with Gasteiger partial charge in [-0.1, -0.05) is 15.9 Å². The molecule has 1 aromatic carbocycles. The topological polar surface area (TPSA) is 85.7 Å². The van der Waals surface area contributed by atoms with E-state index in [1.807, 2.05) is 20.8 Å². The fourth-order valence-corrected chi connectivity index (χ4v) is 5.10. The standard InChI is InChI=1S/C20H25BrN2O5S/c1-20(2,3)28-19(25)22-8-6-15(7-9-22)23-10-5-13-11-14(21)12-16(29(4,26)27)17(13)18(23)24/h5,10-12,15H,6-9H2,1-4H3. The highest BCUT2D eigenvalue weighted by Gasteiger charge is 2.28. The Morgan fingerprint density at radius 1 is 1.21 bits per heavy atom. The Labute approximate surface area is 178 Å². The molecular formula is C20H25BrN2O5S. The number of fused-ring (bicyclic) bond motifs is 1. The van der Waals surface area contributed by atoms with Crippen molar-refractivity contribution in [3.05, 3.63) is 39.2 Å². The first-order chi connectivity index (χ1) is 13.4. The molecule has 2 heterocycles. The Bertz CT molecular complexity index is 1110. The average molecular weight is 485 g/mol. The summed E-state index contributed by atoms with van der Waals surface area (Å²) in [7, 11) is -3.57. The third-order valence-electron chi connectivity index (χ3n) is 4.87. The summed E-state index contributed by atoms with van der Waals surface area (Å²) in [5, 5.41) is 0.778. The number of benzene rings is 1. The summed E-state index contributed by atoms with van der Waals surface area (Å²) in [5.74, 6) is 0. The van der Waals surface area contributed by atoms with Crippen LogP contribution in [0.5, 0.6) is 0 Å². The van der Waals surface area contributed by atoms with Crippen LogP contribution in [0.2, 0.25) is 0 Å². The second kappa shape index (κ2) is 7.75. The summed E-state index contributed by atoms with van der Waals surface area (Å²) in [6.45, 7) is 6.42. The quantitative estimate of drug-likeness (QED) is 0.647. The molecule has 0 N–H and O–H groups in total. The predicted octanol–water partition coefficient (Wildman–Crippen LogP) is 3.74. The summed E-state index contributed by atoms with van der Waals surface area (Å²) in [6.07, 6.45) is 3.64. The van der Waals surface area contributed by atoms with Gasteiger partial charge in [0, 0.05) is 36.1 Å². The number of pyridine rings is 1. The molecule has 1 amide bonds. The minimum absolute atomic E-state index is 0.0208. The molecule has 1 aliphatic heterocycles. The van der Waals surface area contributed by atoms with E-state index in [4.69, 9.17) is 4.74 Å². The molecule has 7 nitrogen and oxygen atoms in total. The molecule has 158 valence electrons.